The summed E-state index contributed by atoms with van der Waals surface area (Å²) in [7, 11) is -3.67. The maximum absolute atomic E-state index is 14.3. The van der Waals surface area contributed by atoms with E-state index in [4.69, 9.17) is 37.2 Å². The molecule has 1 fully saturated rings. The Kier molecular flexibility index (Phi) is 13.0. The van der Waals surface area contributed by atoms with Crippen molar-refractivity contribution >= 4 is 48.7 Å². The Morgan fingerprint density at radius 1 is 0.936 bits per heavy atom. The average Bonchev–Trinajstić information content (AvgIpc) is 2.94. The zero-order chi connectivity index (χ0) is 35.2. The van der Waals surface area contributed by atoms with Gasteiger partial charge in [-0.25, -0.2) is 14.5 Å². The van der Waals surface area contributed by atoms with Crippen molar-refractivity contribution in [2.75, 3.05) is 32.4 Å². The summed E-state index contributed by atoms with van der Waals surface area (Å²) in [6.45, 7) is 12.6. The largest absolute Gasteiger partial charge is 0.480 e. The molecule has 1 heterocycles. The highest BCUT2D eigenvalue weighted by Crippen LogP contribution is 2.63. The van der Waals surface area contributed by atoms with E-state index in [9.17, 15) is 24.1 Å². The van der Waals surface area contributed by atoms with Crippen molar-refractivity contribution in [3.05, 3.63) is 58.1 Å². The second-order valence-electron chi connectivity index (χ2n) is 13.7. The number of carboxylic acids is 1. The fourth-order valence-electron chi connectivity index (χ4n) is 5.55. The van der Waals surface area contributed by atoms with Crippen LogP contribution in [-0.4, -0.2) is 81.8 Å². The van der Waals surface area contributed by atoms with Gasteiger partial charge in [-0.3, -0.25) is 14.3 Å². The van der Waals surface area contributed by atoms with Gasteiger partial charge in [0.05, 0.1) is 6.61 Å². The minimum atomic E-state index is -3.67. The van der Waals surface area contributed by atoms with Gasteiger partial charge in [-0.2, -0.15) is 0 Å². The van der Waals surface area contributed by atoms with Gasteiger partial charge in [0.2, 0.25) is 7.37 Å². The van der Waals surface area contributed by atoms with Crippen LogP contribution in [0.5, 0.6) is 0 Å². The molecule has 1 aliphatic rings. The molecule has 3 rings (SSSR count). The van der Waals surface area contributed by atoms with E-state index >= 15 is 0 Å². The molecule has 260 valence electrons. The van der Waals surface area contributed by atoms with E-state index in [-0.39, 0.29) is 45.1 Å². The number of benzene rings is 2. The predicted molar refractivity (Wildman–Crippen MR) is 185 cm³/mol. The van der Waals surface area contributed by atoms with Crippen LogP contribution >= 0.6 is 30.6 Å². The minimum absolute atomic E-state index is 0.00978. The molecule has 0 spiro atoms. The van der Waals surface area contributed by atoms with Gasteiger partial charge in [0, 0.05) is 42.4 Å². The lowest BCUT2D eigenvalue weighted by Gasteiger charge is -2.45. The lowest BCUT2D eigenvalue weighted by molar-refractivity contribution is -0.141. The second kappa shape index (κ2) is 15.7. The third kappa shape index (κ3) is 10.4. The molecule has 2 atom stereocenters. The number of carbonyl (C=O) groups excluding carboxylic acids is 2. The zero-order valence-electron chi connectivity index (χ0n) is 28.3. The molecule has 10 nitrogen and oxygen atoms in total. The first-order valence-corrected chi connectivity index (χ1v) is 18.3. The lowest BCUT2D eigenvalue weighted by Crippen LogP contribution is -2.54. The van der Waals surface area contributed by atoms with Crippen LogP contribution in [0.25, 0.3) is 11.1 Å². The number of carbonyl (C=O) groups is 3. The van der Waals surface area contributed by atoms with Gasteiger partial charge >= 0.3 is 18.2 Å². The summed E-state index contributed by atoms with van der Waals surface area (Å²) in [6.07, 6.45) is -1.16. The molecule has 0 saturated carbocycles. The minimum Gasteiger partial charge on any atom is -0.480 e. The van der Waals surface area contributed by atoms with E-state index in [0.717, 1.165) is 21.6 Å². The SMILES string of the molecule is CCOP1(=O)CCN(Cc2ccc(Cl)cc2-c2ccc(Cl)cc2)C[C@@]1(CCCCN(C(=O)OC(C)(C)C)C(=O)OC(C)(C)C)C(=O)O. The second-order valence-corrected chi connectivity index (χ2v) is 17.5. The van der Waals surface area contributed by atoms with Gasteiger partial charge in [0.1, 0.15) is 11.2 Å². The van der Waals surface area contributed by atoms with Crippen LogP contribution in [-0.2, 0) is 29.9 Å². The molecule has 1 aliphatic heterocycles. The van der Waals surface area contributed by atoms with Crippen LogP contribution in [0.15, 0.2) is 42.5 Å². The van der Waals surface area contributed by atoms with Crippen LogP contribution in [0.3, 0.4) is 0 Å². The molecule has 0 aliphatic carbocycles. The summed E-state index contributed by atoms with van der Waals surface area (Å²) in [5.74, 6) is -1.20. The Morgan fingerprint density at radius 2 is 1.51 bits per heavy atom. The summed E-state index contributed by atoms with van der Waals surface area (Å²) < 4.78 is 31.0. The van der Waals surface area contributed by atoms with Crippen LogP contribution in [0.2, 0.25) is 10.0 Å². The maximum Gasteiger partial charge on any atom is 0.419 e. The molecule has 1 N–H and O–H groups in total. The standard InChI is InChI=1S/C34H47Cl2N2O8P/c1-8-44-47(43)20-19-37(22-25-13-16-27(36)21-28(25)24-11-14-26(35)15-12-24)23-34(47,29(39)40)17-9-10-18-38(30(41)45-32(2,3)4)31(42)46-33(5,6)7/h11-16,21H,8-10,17-20,22-23H2,1-7H3,(H,39,40)/t34-,47?/m0/s1. The monoisotopic (exact) mass is 712 g/mol. The van der Waals surface area contributed by atoms with Crippen molar-refractivity contribution in [1.82, 2.24) is 9.80 Å². The summed E-state index contributed by atoms with van der Waals surface area (Å²) in [5, 5.41) is 10.2. The van der Waals surface area contributed by atoms with Gasteiger partial charge in [0.15, 0.2) is 5.16 Å². The summed E-state index contributed by atoms with van der Waals surface area (Å²) in [6, 6.07) is 12.9. The number of unbranched alkanes of at least 4 members (excludes halogenated alkanes) is 1. The number of ether oxygens (including phenoxy) is 2. The van der Waals surface area contributed by atoms with E-state index in [1.54, 1.807) is 66.7 Å². The predicted octanol–water partition coefficient (Wildman–Crippen LogP) is 8.96. The number of nitrogens with zero attached hydrogens (tertiary/aromatic N) is 2. The number of carboxylic acid groups (broad SMARTS) is 1. The number of halogens is 2. The molecule has 1 unspecified atom stereocenters. The van der Waals surface area contributed by atoms with Crippen LogP contribution in [0, 0.1) is 0 Å². The van der Waals surface area contributed by atoms with Crippen molar-refractivity contribution in [3.8, 4) is 11.1 Å². The highest BCUT2D eigenvalue weighted by atomic mass is 35.5. The lowest BCUT2D eigenvalue weighted by atomic mass is 9.97. The van der Waals surface area contributed by atoms with Gasteiger partial charge < -0.3 is 19.1 Å². The fraction of sp³-hybridized carbons (Fsp3) is 0.559. The van der Waals surface area contributed by atoms with E-state index in [2.05, 4.69) is 0 Å². The third-order valence-electron chi connectivity index (χ3n) is 7.65. The number of hydrogen-bond donors (Lipinski definition) is 1. The first-order valence-electron chi connectivity index (χ1n) is 15.8. The molecule has 0 radical (unpaired) electrons. The molecule has 2 aromatic carbocycles. The molecule has 1 saturated heterocycles. The van der Waals surface area contributed by atoms with Gasteiger partial charge in [-0.05, 0) is 109 Å². The van der Waals surface area contributed by atoms with Crippen molar-refractivity contribution in [2.24, 2.45) is 0 Å². The van der Waals surface area contributed by atoms with E-state index in [1.807, 2.05) is 29.2 Å². The van der Waals surface area contributed by atoms with Crippen LogP contribution < -0.4 is 0 Å². The Labute approximate surface area is 288 Å². The van der Waals surface area contributed by atoms with Crippen molar-refractivity contribution < 1.29 is 38.1 Å². The van der Waals surface area contributed by atoms with Gasteiger partial charge in [0.25, 0.3) is 0 Å². The highest BCUT2D eigenvalue weighted by molar-refractivity contribution is 7.62. The van der Waals surface area contributed by atoms with Crippen molar-refractivity contribution in [3.63, 3.8) is 0 Å². The maximum atomic E-state index is 14.3. The fourth-order valence-corrected chi connectivity index (χ4v) is 8.82. The normalized spacial score (nSPS) is 20.4. The number of amides is 2. The quantitative estimate of drug-likeness (QED) is 0.180. The Morgan fingerprint density at radius 3 is 2.04 bits per heavy atom. The van der Waals surface area contributed by atoms with Crippen molar-refractivity contribution in [2.45, 2.75) is 90.6 Å². The van der Waals surface area contributed by atoms with E-state index in [1.165, 1.54) is 0 Å². The van der Waals surface area contributed by atoms with Crippen molar-refractivity contribution in [1.29, 1.82) is 0 Å². The molecular formula is C34H47Cl2N2O8P. The number of rotatable bonds is 11. The number of imide groups is 1. The zero-order valence-corrected chi connectivity index (χ0v) is 30.7. The molecule has 2 amide bonds. The summed E-state index contributed by atoms with van der Waals surface area (Å²) in [4.78, 5) is 41.9. The van der Waals surface area contributed by atoms with E-state index in [0.29, 0.717) is 23.1 Å². The molecule has 2 aromatic rings. The van der Waals surface area contributed by atoms with Crippen LogP contribution in [0.4, 0.5) is 9.59 Å². The van der Waals surface area contributed by atoms with Crippen LogP contribution in [0.1, 0.15) is 73.3 Å². The number of aliphatic carboxylic acids is 1. The average molecular weight is 714 g/mol. The topological polar surface area (TPSA) is 123 Å². The number of hydrogen-bond acceptors (Lipinski definition) is 8. The molecule has 0 aromatic heterocycles. The van der Waals surface area contributed by atoms with Gasteiger partial charge in [-0.15, -0.1) is 0 Å². The summed E-state index contributed by atoms with van der Waals surface area (Å²) in [5.41, 5.74) is 1.02. The Hall–Kier alpha value is -2.62. The molecule has 47 heavy (non-hydrogen) atoms. The Bertz CT molecular complexity index is 1440. The first kappa shape index (κ1) is 38.8. The molecule has 0 bridgehead atoms. The smallest absolute Gasteiger partial charge is 0.419 e. The Balaban J connectivity index is 1.85. The van der Waals surface area contributed by atoms with E-state index < -0.39 is 41.9 Å². The summed E-state index contributed by atoms with van der Waals surface area (Å²) >= 11 is 12.5. The molecule has 13 heteroatoms. The highest BCUT2D eigenvalue weighted by Gasteiger charge is 2.58. The first-order chi connectivity index (χ1) is 21.8. The molecular weight excluding hydrogens is 666 g/mol. The third-order valence-corrected chi connectivity index (χ3v) is 11.5. The van der Waals surface area contributed by atoms with Gasteiger partial charge in [-0.1, -0.05) is 41.4 Å².